The molecule has 0 radical (unpaired) electrons. The molecule has 1 aromatic rings. The smallest absolute Gasteiger partial charge is 0.384 e. The summed E-state index contributed by atoms with van der Waals surface area (Å²) in [5.74, 6) is -2.31. The third-order valence-corrected chi connectivity index (χ3v) is 3.72. The van der Waals surface area contributed by atoms with Crippen LogP contribution < -0.4 is 11.4 Å². The minimum absolute atomic E-state index is 0.0944. The molecule has 1 aliphatic heterocycles. The molecule has 2 heterocycles. The van der Waals surface area contributed by atoms with Crippen molar-refractivity contribution < 1.29 is 37.8 Å². The Morgan fingerprint density at radius 1 is 1.61 bits per heavy atom. The van der Waals surface area contributed by atoms with Crippen molar-refractivity contribution in [3.05, 3.63) is 22.7 Å². The molecule has 0 spiro atoms. The van der Waals surface area contributed by atoms with Gasteiger partial charge in [0.15, 0.2) is 12.4 Å². The van der Waals surface area contributed by atoms with Gasteiger partial charge >= 0.3 is 13.5 Å². The molecule has 0 bridgehead atoms. The fourth-order valence-corrected chi connectivity index (χ4v) is 2.44. The van der Waals surface area contributed by atoms with Gasteiger partial charge < -0.3 is 30.1 Å². The van der Waals surface area contributed by atoms with Crippen LogP contribution in [-0.4, -0.2) is 56.2 Å². The molecule has 130 valence electrons. The number of ether oxygens (including phenoxy) is 2. The van der Waals surface area contributed by atoms with Gasteiger partial charge in [-0.25, -0.2) is 13.8 Å². The van der Waals surface area contributed by atoms with Crippen LogP contribution in [0, 0.1) is 0 Å². The van der Waals surface area contributed by atoms with Gasteiger partial charge in [-0.15, -0.1) is 0 Å². The lowest BCUT2D eigenvalue weighted by atomic mass is 10.1. The van der Waals surface area contributed by atoms with E-state index < -0.39 is 44.4 Å². The number of halogens is 1. The predicted molar refractivity (Wildman–Crippen MR) is 71.7 cm³/mol. The van der Waals surface area contributed by atoms with Crippen molar-refractivity contribution >= 4 is 13.6 Å². The van der Waals surface area contributed by atoms with E-state index in [2.05, 4.69) is 9.51 Å². The molecule has 0 aromatic carbocycles. The highest BCUT2D eigenvalue weighted by atomic mass is 31.2. The van der Waals surface area contributed by atoms with Crippen LogP contribution in [0.4, 0.5) is 10.2 Å². The Balaban J connectivity index is 2.32. The first-order valence-electron chi connectivity index (χ1n) is 6.19. The molecule has 1 aromatic heterocycles. The van der Waals surface area contributed by atoms with Gasteiger partial charge in [0, 0.05) is 13.3 Å². The van der Waals surface area contributed by atoms with Crippen LogP contribution in [0.5, 0.6) is 0 Å². The van der Waals surface area contributed by atoms with E-state index in [1.165, 1.54) is 6.07 Å². The first-order valence-corrected chi connectivity index (χ1v) is 7.72. The molecule has 1 fully saturated rings. The van der Waals surface area contributed by atoms with Crippen molar-refractivity contribution in [3.8, 4) is 0 Å². The molecule has 23 heavy (non-hydrogen) atoms. The number of methoxy groups -OCH3 is 1. The summed E-state index contributed by atoms with van der Waals surface area (Å²) in [5.41, 5.74) is 4.39. The van der Waals surface area contributed by atoms with Crippen LogP contribution in [0.25, 0.3) is 0 Å². The largest absolute Gasteiger partial charge is 0.469 e. The number of phosphoric acid groups is 1. The van der Waals surface area contributed by atoms with Crippen LogP contribution in [0.3, 0.4) is 0 Å². The number of alkyl halides is 1. The molecule has 1 aliphatic rings. The predicted octanol–water partition coefficient (Wildman–Crippen LogP) is -1.49. The highest BCUT2D eigenvalue weighted by molar-refractivity contribution is 7.46. The number of nitrogens with zero attached hydrogens (tertiary/aromatic N) is 2. The Morgan fingerprint density at radius 2 is 2.26 bits per heavy atom. The standard InChI is InChI=1S/C10H15FN3O8P/c1-20-10(4-21-23(17,18)19)7(15)6(11)8(22-10)14-3-2-5(12)13-9(14)16/h2-3,6-8,15H,4H2,1H3,(H2,12,13,16)(H2,17,18,19)/t6-,7+,8?,10-/m1/s1. The Kier molecular flexibility index (Phi) is 4.87. The van der Waals surface area contributed by atoms with Crippen LogP contribution in [-0.2, 0) is 18.6 Å². The summed E-state index contributed by atoms with van der Waals surface area (Å²) in [6.07, 6.45) is -4.68. The average molecular weight is 355 g/mol. The molecule has 0 saturated carbocycles. The van der Waals surface area contributed by atoms with Gasteiger partial charge in [-0.3, -0.25) is 9.09 Å². The summed E-state index contributed by atoms with van der Waals surface area (Å²) in [6, 6.07) is 1.21. The highest BCUT2D eigenvalue weighted by Gasteiger charge is 2.58. The normalized spacial score (nSPS) is 31.4. The molecule has 0 amide bonds. The molecular weight excluding hydrogens is 340 g/mol. The third kappa shape index (κ3) is 3.58. The van der Waals surface area contributed by atoms with Crippen LogP contribution in [0.15, 0.2) is 17.1 Å². The first kappa shape index (κ1) is 17.9. The van der Waals surface area contributed by atoms with Crippen molar-refractivity contribution in [1.82, 2.24) is 9.55 Å². The third-order valence-electron chi connectivity index (χ3n) is 3.25. The monoisotopic (exact) mass is 355 g/mol. The number of nitrogens with two attached hydrogens (primary N) is 1. The number of phosphoric ester groups is 1. The Morgan fingerprint density at radius 3 is 2.78 bits per heavy atom. The summed E-state index contributed by atoms with van der Waals surface area (Å²) in [4.78, 5) is 32.6. The number of aromatic nitrogens is 2. The first-order chi connectivity index (χ1) is 10.6. The average Bonchev–Trinajstić information content (AvgIpc) is 2.70. The highest BCUT2D eigenvalue weighted by Crippen LogP contribution is 2.43. The number of hydrogen-bond donors (Lipinski definition) is 4. The van der Waals surface area contributed by atoms with Gasteiger partial charge in [0.05, 0.1) is 0 Å². The molecule has 1 saturated heterocycles. The van der Waals surface area contributed by atoms with Gasteiger partial charge in [-0.1, -0.05) is 0 Å². The fourth-order valence-electron chi connectivity index (χ4n) is 2.09. The van der Waals surface area contributed by atoms with Gasteiger partial charge in [0.2, 0.25) is 5.79 Å². The minimum atomic E-state index is -4.92. The van der Waals surface area contributed by atoms with Crippen molar-refractivity contribution in [2.45, 2.75) is 24.3 Å². The van der Waals surface area contributed by atoms with E-state index in [1.807, 2.05) is 0 Å². The lowest BCUT2D eigenvalue weighted by molar-refractivity contribution is -0.267. The van der Waals surface area contributed by atoms with Gasteiger partial charge in [0.25, 0.3) is 0 Å². The molecule has 5 N–H and O–H groups in total. The number of aliphatic hydroxyl groups excluding tert-OH is 1. The fraction of sp³-hybridized carbons (Fsp3) is 0.600. The minimum Gasteiger partial charge on any atom is -0.384 e. The maximum absolute atomic E-state index is 14.3. The number of nitrogen functional groups attached to an aromatic ring is 1. The maximum atomic E-state index is 14.3. The van der Waals surface area contributed by atoms with E-state index >= 15 is 0 Å². The van der Waals surface area contributed by atoms with E-state index in [0.717, 1.165) is 17.9 Å². The lowest BCUT2D eigenvalue weighted by Crippen LogP contribution is -2.47. The van der Waals surface area contributed by atoms with Gasteiger partial charge in [-0.2, -0.15) is 4.98 Å². The maximum Gasteiger partial charge on any atom is 0.469 e. The zero-order valence-corrected chi connectivity index (χ0v) is 12.7. The molecular formula is C10H15FN3O8P. The van der Waals surface area contributed by atoms with Crippen LogP contribution in [0.1, 0.15) is 6.23 Å². The zero-order valence-electron chi connectivity index (χ0n) is 11.8. The molecule has 0 aliphatic carbocycles. The van der Waals surface area contributed by atoms with Crippen LogP contribution in [0.2, 0.25) is 0 Å². The second-order valence-electron chi connectivity index (χ2n) is 4.72. The summed E-state index contributed by atoms with van der Waals surface area (Å²) >= 11 is 0. The quantitative estimate of drug-likeness (QED) is 0.457. The summed E-state index contributed by atoms with van der Waals surface area (Å²) in [5, 5.41) is 9.96. The Bertz CT molecular complexity index is 680. The van der Waals surface area contributed by atoms with E-state index in [9.17, 15) is 18.9 Å². The topological polar surface area (TPSA) is 166 Å². The van der Waals surface area contributed by atoms with E-state index in [4.69, 9.17) is 25.0 Å². The molecule has 1 unspecified atom stereocenters. The van der Waals surface area contributed by atoms with E-state index in [1.54, 1.807) is 0 Å². The van der Waals surface area contributed by atoms with Crippen LogP contribution >= 0.6 is 7.82 Å². The van der Waals surface area contributed by atoms with Crippen molar-refractivity contribution in [2.75, 3.05) is 19.5 Å². The molecule has 13 heteroatoms. The zero-order chi connectivity index (χ0) is 17.4. The molecule has 4 atom stereocenters. The summed E-state index contributed by atoms with van der Waals surface area (Å²) in [7, 11) is -3.90. The summed E-state index contributed by atoms with van der Waals surface area (Å²) in [6.45, 7) is -0.969. The van der Waals surface area contributed by atoms with Crippen molar-refractivity contribution in [2.24, 2.45) is 0 Å². The van der Waals surface area contributed by atoms with Gasteiger partial charge in [0.1, 0.15) is 18.5 Å². The number of rotatable bonds is 5. The van der Waals surface area contributed by atoms with Crippen molar-refractivity contribution in [3.63, 3.8) is 0 Å². The number of anilines is 1. The van der Waals surface area contributed by atoms with Crippen molar-refractivity contribution in [1.29, 1.82) is 0 Å². The number of hydrogen-bond acceptors (Lipinski definition) is 8. The Hall–Kier alpha value is -1.40. The van der Waals surface area contributed by atoms with E-state index in [-0.39, 0.29) is 5.82 Å². The summed E-state index contributed by atoms with van der Waals surface area (Å²) < 4.78 is 40.1. The SMILES string of the molecule is CO[C@]1(COP(=O)(O)O)OC(n2ccc(N)nc2=O)[C@H](F)[C@@H]1O. The molecule has 2 rings (SSSR count). The second-order valence-corrected chi connectivity index (χ2v) is 5.96. The molecule has 11 nitrogen and oxygen atoms in total. The Labute approximate surface area is 128 Å². The second kappa shape index (κ2) is 6.24. The lowest BCUT2D eigenvalue weighted by Gasteiger charge is -2.29. The number of aliphatic hydroxyl groups is 1. The van der Waals surface area contributed by atoms with E-state index in [0.29, 0.717) is 0 Å². The van der Waals surface area contributed by atoms with Gasteiger partial charge in [-0.05, 0) is 6.07 Å².